The van der Waals surface area contributed by atoms with Crippen molar-refractivity contribution in [2.24, 2.45) is 0 Å². The summed E-state index contributed by atoms with van der Waals surface area (Å²) in [5, 5.41) is 18.3. The first kappa shape index (κ1) is 30.2. The number of benzene rings is 2. The van der Waals surface area contributed by atoms with Crippen LogP contribution < -0.4 is 4.90 Å². The molecule has 3 rings (SSSR count). The highest BCUT2D eigenvalue weighted by Gasteiger charge is 2.26. The fraction of sp³-hybridized carbons (Fsp3) is 0.360. The Kier molecular flexibility index (Phi) is 11.0. The zero-order valence-corrected chi connectivity index (χ0v) is 23.4. The van der Waals surface area contributed by atoms with Crippen molar-refractivity contribution in [3.05, 3.63) is 53.6 Å². The minimum Gasteiger partial charge on any atom is -0.308 e. The minimum atomic E-state index is -3.91. The zero-order valence-electron chi connectivity index (χ0n) is 20.9. The molecule has 0 radical (unpaired) electrons. The van der Waals surface area contributed by atoms with Crippen LogP contribution in [0.3, 0.4) is 0 Å². The number of fused-ring (bicyclic) bond motifs is 1. The van der Waals surface area contributed by atoms with E-state index in [1.165, 1.54) is 35.6 Å². The molecule has 1 aromatic heterocycles. The van der Waals surface area contributed by atoms with Gasteiger partial charge < -0.3 is 4.90 Å². The van der Waals surface area contributed by atoms with Crippen LogP contribution in [-0.4, -0.2) is 68.8 Å². The largest absolute Gasteiger partial charge is 0.308 e. The maximum atomic E-state index is 13.5. The van der Waals surface area contributed by atoms with Crippen LogP contribution in [0.2, 0.25) is 0 Å². The smallest absolute Gasteiger partial charge is 0.260 e. The molecule has 12 heteroatoms. The predicted octanol–water partition coefficient (Wildman–Crippen LogP) is 4.05. The number of sulfonamides is 1. The molecule has 1 heterocycles. The number of rotatable bonds is 11. The Hall–Kier alpha value is -3.06. The number of aromatic nitrogens is 1. The lowest BCUT2D eigenvalue weighted by Crippen LogP contribution is -2.36. The number of amides is 1. The summed E-state index contributed by atoms with van der Waals surface area (Å²) in [5.74, 6) is -0.276. The van der Waals surface area contributed by atoms with Gasteiger partial charge in [-0.3, -0.25) is 9.69 Å². The van der Waals surface area contributed by atoms with Gasteiger partial charge in [-0.25, -0.2) is 13.4 Å². The number of hydrogen-bond donors (Lipinski definition) is 0. The van der Waals surface area contributed by atoms with E-state index in [4.69, 9.17) is 10.5 Å². The maximum Gasteiger partial charge on any atom is 0.260 e. The van der Waals surface area contributed by atoms with E-state index >= 15 is 0 Å². The third-order valence-corrected chi connectivity index (χ3v) is 8.42. The fourth-order valence-electron chi connectivity index (χ4n) is 3.50. The van der Waals surface area contributed by atoms with Gasteiger partial charge in [0.1, 0.15) is 0 Å². The van der Waals surface area contributed by atoms with Gasteiger partial charge in [0.2, 0.25) is 10.0 Å². The summed E-state index contributed by atoms with van der Waals surface area (Å²) < 4.78 is 28.3. The average Bonchev–Trinajstić information content (AvgIpc) is 3.26. The van der Waals surface area contributed by atoms with Crippen molar-refractivity contribution < 1.29 is 13.2 Å². The number of likely N-dealkylation sites (N-methyl/N-ethyl adjacent to an activating group) is 1. The van der Waals surface area contributed by atoms with Crippen LogP contribution in [0.5, 0.6) is 0 Å². The number of nitriles is 2. The summed E-state index contributed by atoms with van der Waals surface area (Å²) in [6, 6.07) is 15.6. The van der Waals surface area contributed by atoms with Crippen LogP contribution >= 0.6 is 23.7 Å². The number of halogens is 1. The average molecular weight is 561 g/mol. The van der Waals surface area contributed by atoms with Crippen LogP contribution in [0.25, 0.3) is 10.2 Å². The lowest BCUT2D eigenvalue weighted by atomic mass is 10.2. The Labute approximate surface area is 228 Å². The van der Waals surface area contributed by atoms with Crippen LogP contribution in [-0.2, 0) is 10.0 Å². The van der Waals surface area contributed by atoms with Gasteiger partial charge in [0, 0.05) is 44.6 Å². The molecule has 0 bridgehead atoms. The molecule has 2 aromatic carbocycles. The fourth-order valence-corrected chi connectivity index (χ4v) is 6.02. The van der Waals surface area contributed by atoms with Crippen molar-refractivity contribution in [2.75, 3.05) is 45.2 Å². The van der Waals surface area contributed by atoms with Crippen LogP contribution in [0, 0.1) is 29.6 Å². The second kappa shape index (κ2) is 13.5. The van der Waals surface area contributed by atoms with E-state index in [9.17, 15) is 13.2 Å². The Morgan fingerprint density at radius 1 is 0.973 bits per heavy atom. The molecule has 0 atom stereocenters. The van der Waals surface area contributed by atoms with Gasteiger partial charge in [0.05, 0.1) is 27.3 Å². The van der Waals surface area contributed by atoms with Crippen molar-refractivity contribution in [1.29, 1.82) is 10.5 Å². The van der Waals surface area contributed by atoms with Gasteiger partial charge >= 0.3 is 0 Å². The number of thiazole rings is 1. The Bertz CT molecular complexity index is 1390. The first-order valence-corrected chi connectivity index (χ1v) is 13.6. The maximum absolute atomic E-state index is 13.5. The summed E-state index contributed by atoms with van der Waals surface area (Å²) in [6.45, 7) is 3.04. The summed E-state index contributed by atoms with van der Waals surface area (Å²) in [7, 11) is -0.0641. The first-order valence-electron chi connectivity index (χ1n) is 11.3. The van der Waals surface area contributed by atoms with Gasteiger partial charge in [-0.2, -0.15) is 14.8 Å². The quantitative estimate of drug-likeness (QED) is 0.346. The lowest BCUT2D eigenvalue weighted by Gasteiger charge is -2.22. The van der Waals surface area contributed by atoms with Crippen LogP contribution in [0.4, 0.5) is 5.13 Å². The highest BCUT2D eigenvalue weighted by Crippen LogP contribution is 2.30. The van der Waals surface area contributed by atoms with Gasteiger partial charge in [-0.1, -0.05) is 17.4 Å². The summed E-state index contributed by atoms with van der Waals surface area (Å²) in [5.41, 5.74) is 2.27. The molecule has 3 aromatic rings. The van der Waals surface area contributed by atoms with Crippen molar-refractivity contribution in [3.8, 4) is 12.1 Å². The summed E-state index contributed by atoms with van der Waals surface area (Å²) in [4.78, 5) is 21.8. The third kappa shape index (κ3) is 7.48. The van der Waals surface area contributed by atoms with Crippen molar-refractivity contribution in [1.82, 2.24) is 14.2 Å². The number of carbonyl (C=O) groups excluding carboxylic acids is 1. The normalized spacial score (nSPS) is 11.2. The van der Waals surface area contributed by atoms with E-state index < -0.39 is 10.0 Å². The molecular weight excluding hydrogens is 532 g/mol. The first-order chi connectivity index (χ1) is 17.2. The Balaban J connectivity index is 0.00000481. The highest BCUT2D eigenvalue weighted by atomic mass is 35.5. The summed E-state index contributed by atoms with van der Waals surface area (Å²) in [6.07, 6.45) is 0.0352. The van der Waals surface area contributed by atoms with Gasteiger partial charge in [-0.05, 0) is 63.0 Å². The van der Waals surface area contributed by atoms with E-state index in [1.54, 1.807) is 4.90 Å². The minimum absolute atomic E-state index is 0. The molecule has 0 saturated carbocycles. The van der Waals surface area contributed by atoms with E-state index in [0.717, 1.165) is 20.1 Å². The molecule has 196 valence electrons. The van der Waals surface area contributed by atoms with Crippen LogP contribution in [0.15, 0.2) is 47.4 Å². The summed E-state index contributed by atoms with van der Waals surface area (Å²) >= 11 is 1.44. The molecule has 0 aliphatic heterocycles. The number of hydrogen-bond acceptors (Lipinski definition) is 8. The van der Waals surface area contributed by atoms with E-state index in [0.29, 0.717) is 23.8 Å². The zero-order chi connectivity index (χ0) is 26.3. The van der Waals surface area contributed by atoms with Crippen molar-refractivity contribution >= 4 is 55.0 Å². The number of aryl methyl sites for hydroxylation is 1. The topological polar surface area (TPSA) is 121 Å². The number of anilines is 1. The molecular formula is C25H29ClN6O3S2. The second-order valence-corrected chi connectivity index (χ2v) is 11.4. The van der Waals surface area contributed by atoms with Crippen molar-refractivity contribution in [2.45, 2.75) is 24.7 Å². The third-order valence-electron chi connectivity index (χ3n) is 5.46. The number of nitrogens with zero attached hydrogens (tertiary/aromatic N) is 6. The van der Waals surface area contributed by atoms with Gasteiger partial charge in [0.25, 0.3) is 5.91 Å². The van der Waals surface area contributed by atoms with Crippen molar-refractivity contribution in [3.63, 3.8) is 0 Å². The molecule has 0 N–H and O–H groups in total. The molecule has 0 fully saturated rings. The standard InChI is InChI=1S/C25H28N6O3S2.ClH/c1-19-6-11-22-23(18-19)35-25(28-22)31(17-16-29(2)3)24(32)20-7-9-21(10-8-20)36(33,34)30(14-4-12-26)15-5-13-27;/h6-11,18H,4-5,14-17H2,1-3H3;1H. The second-order valence-electron chi connectivity index (χ2n) is 8.47. The number of carbonyl (C=O) groups is 1. The molecule has 1 amide bonds. The molecule has 9 nitrogen and oxygen atoms in total. The monoisotopic (exact) mass is 560 g/mol. The Morgan fingerprint density at radius 2 is 1.59 bits per heavy atom. The van der Waals surface area contributed by atoms with Crippen LogP contribution in [0.1, 0.15) is 28.8 Å². The van der Waals surface area contributed by atoms with E-state index in [2.05, 4.69) is 4.98 Å². The van der Waals surface area contributed by atoms with E-state index in [1.807, 2.05) is 56.3 Å². The Morgan fingerprint density at radius 3 is 2.16 bits per heavy atom. The highest BCUT2D eigenvalue weighted by molar-refractivity contribution is 7.89. The molecule has 37 heavy (non-hydrogen) atoms. The lowest BCUT2D eigenvalue weighted by molar-refractivity contribution is 0.0985. The van der Waals surface area contributed by atoms with Gasteiger partial charge in [0.15, 0.2) is 5.13 Å². The molecule has 0 aliphatic carbocycles. The van der Waals surface area contributed by atoms with E-state index in [-0.39, 0.29) is 49.1 Å². The molecule has 0 saturated heterocycles. The molecule has 0 aliphatic rings. The molecule has 0 unspecified atom stereocenters. The van der Waals surface area contributed by atoms with Gasteiger partial charge in [-0.15, -0.1) is 12.4 Å². The SMILES string of the molecule is Cc1ccc2nc(N(CCN(C)C)C(=O)c3ccc(S(=O)(=O)N(CCC#N)CCC#N)cc3)sc2c1.Cl. The predicted molar refractivity (Wildman–Crippen MR) is 147 cm³/mol. The molecule has 0 spiro atoms.